The zero-order valence-corrected chi connectivity index (χ0v) is 11.7. The number of amides is 2. The lowest BCUT2D eigenvalue weighted by atomic mass is 10.1. The van der Waals surface area contributed by atoms with Crippen LogP contribution in [0.25, 0.3) is 0 Å². The standard InChI is InChI=1S/C14H19ClN2O2/c1-10(13-3-2-8-19-13)17-14(18)16-9-11-4-6-12(15)7-5-11/h4-7,10,13H,2-3,8-9H2,1H3,(H2,16,17,18)/t10-,13-/m1/s1. The Morgan fingerprint density at radius 3 is 2.84 bits per heavy atom. The Kier molecular flexibility index (Phi) is 5.05. The van der Waals surface area contributed by atoms with Crippen LogP contribution in [0.4, 0.5) is 4.79 Å². The maximum absolute atomic E-state index is 11.7. The zero-order valence-electron chi connectivity index (χ0n) is 11.0. The van der Waals surface area contributed by atoms with Gasteiger partial charge < -0.3 is 15.4 Å². The van der Waals surface area contributed by atoms with E-state index in [0.29, 0.717) is 11.6 Å². The molecule has 0 spiro atoms. The van der Waals surface area contributed by atoms with Crippen LogP contribution in [0, 0.1) is 0 Å². The summed E-state index contributed by atoms with van der Waals surface area (Å²) in [4.78, 5) is 11.7. The van der Waals surface area contributed by atoms with Crippen molar-refractivity contribution in [2.24, 2.45) is 0 Å². The largest absolute Gasteiger partial charge is 0.376 e. The summed E-state index contributed by atoms with van der Waals surface area (Å²) < 4.78 is 5.53. The van der Waals surface area contributed by atoms with Gasteiger partial charge in [-0.05, 0) is 37.5 Å². The van der Waals surface area contributed by atoms with Crippen LogP contribution in [0.2, 0.25) is 5.02 Å². The second-order valence-electron chi connectivity index (χ2n) is 4.79. The van der Waals surface area contributed by atoms with Gasteiger partial charge >= 0.3 is 6.03 Å². The second kappa shape index (κ2) is 6.78. The molecule has 104 valence electrons. The number of benzene rings is 1. The van der Waals surface area contributed by atoms with Gasteiger partial charge in [-0.2, -0.15) is 0 Å². The SMILES string of the molecule is C[C@@H](NC(=O)NCc1ccc(Cl)cc1)[C@H]1CCCO1. The highest BCUT2D eigenvalue weighted by Gasteiger charge is 2.23. The molecule has 4 nitrogen and oxygen atoms in total. The molecule has 2 rings (SSSR count). The van der Waals surface area contributed by atoms with Crippen LogP contribution in [-0.2, 0) is 11.3 Å². The molecule has 1 aliphatic heterocycles. The third-order valence-electron chi connectivity index (χ3n) is 3.25. The monoisotopic (exact) mass is 282 g/mol. The molecule has 19 heavy (non-hydrogen) atoms. The van der Waals surface area contributed by atoms with Crippen molar-refractivity contribution in [3.8, 4) is 0 Å². The van der Waals surface area contributed by atoms with Crippen LogP contribution in [0.1, 0.15) is 25.3 Å². The molecular formula is C14H19ClN2O2. The summed E-state index contributed by atoms with van der Waals surface area (Å²) in [5.74, 6) is 0. The van der Waals surface area contributed by atoms with Crippen LogP contribution >= 0.6 is 11.6 Å². The molecule has 5 heteroatoms. The summed E-state index contributed by atoms with van der Waals surface area (Å²) in [5, 5.41) is 6.42. The molecule has 1 fully saturated rings. The van der Waals surface area contributed by atoms with Crippen molar-refractivity contribution in [1.29, 1.82) is 0 Å². The molecule has 0 unspecified atom stereocenters. The Bertz CT molecular complexity index is 416. The highest BCUT2D eigenvalue weighted by molar-refractivity contribution is 6.30. The summed E-state index contributed by atoms with van der Waals surface area (Å²) in [6, 6.07) is 7.28. The van der Waals surface area contributed by atoms with Crippen molar-refractivity contribution in [3.05, 3.63) is 34.9 Å². The Morgan fingerprint density at radius 1 is 1.47 bits per heavy atom. The molecule has 0 radical (unpaired) electrons. The number of hydrogen-bond donors (Lipinski definition) is 2. The van der Waals surface area contributed by atoms with Crippen LogP contribution < -0.4 is 10.6 Å². The van der Waals surface area contributed by atoms with Gasteiger partial charge in [0.05, 0.1) is 12.1 Å². The van der Waals surface area contributed by atoms with E-state index in [-0.39, 0.29) is 18.2 Å². The predicted octanol–water partition coefficient (Wildman–Crippen LogP) is 2.71. The molecule has 2 amide bonds. The van der Waals surface area contributed by atoms with Gasteiger partial charge in [-0.3, -0.25) is 0 Å². The summed E-state index contributed by atoms with van der Waals surface area (Å²) >= 11 is 5.80. The molecule has 0 aliphatic carbocycles. The van der Waals surface area contributed by atoms with Crippen molar-refractivity contribution in [3.63, 3.8) is 0 Å². The van der Waals surface area contributed by atoms with Gasteiger partial charge in [-0.1, -0.05) is 23.7 Å². The van der Waals surface area contributed by atoms with Crippen LogP contribution in [-0.4, -0.2) is 24.8 Å². The van der Waals surface area contributed by atoms with Crippen molar-refractivity contribution >= 4 is 17.6 Å². The topological polar surface area (TPSA) is 50.4 Å². The van der Waals surface area contributed by atoms with E-state index >= 15 is 0 Å². The molecule has 1 aliphatic rings. The van der Waals surface area contributed by atoms with E-state index in [0.717, 1.165) is 25.0 Å². The molecule has 1 saturated heterocycles. The van der Waals surface area contributed by atoms with E-state index in [2.05, 4.69) is 10.6 Å². The number of urea groups is 1. The number of carbonyl (C=O) groups excluding carboxylic acids is 1. The first kappa shape index (κ1) is 14.2. The van der Waals surface area contributed by atoms with E-state index in [4.69, 9.17) is 16.3 Å². The van der Waals surface area contributed by atoms with Gasteiger partial charge in [-0.25, -0.2) is 4.79 Å². The smallest absolute Gasteiger partial charge is 0.315 e. The fraction of sp³-hybridized carbons (Fsp3) is 0.500. The number of ether oxygens (including phenoxy) is 1. The molecule has 1 aromatic rings. The van der Waals surface area contributed by atoms with E-state index in [1.807, 2.05) is 31.2 Å². The normalized spacial score (nSPS) is 20.0. The predicted molar refractivity (Wildman–Crippen MR) is 75.3 cm³/mol. The summed E-state index contributed by atoms with van der Waals surface area (Å²) in [5.41, 5.74) is 1.02. The second-order valence-corrected chi connectivity index (χ2v) is 5.23. The highest BCUT2D eigenvalue weighted by atomic mass is 35.5. The molecule has 2 atom stereocenters. The summed E-state index contributed by atoms with van der Waals surface area (Å²) in [6.07, 6.45) is 2.23. The Balaban J connectivity index is 1.73. The third-order valence-corrected chi connectivity index (χ3v) is 3.50. The van der Waals surface area contributed by atoms with Crippen LogP contribution in [0.15, 0.2) is 24.3 Å². The average molecular weight is 283 g/mol. The average Bonchev–Trinajstić information content (AvgIpc) is 2.92. The van der Waals surface area contributed by atoms with Gasteiger partial charge in [0, 0.05) is 18.2 Å². The molecule has 1 aromatic carbocycles. The summed E-state index contributed by atoms with van der Waals surface area (Å²) in [6.45, 7) is 3.25. The number of rotatable bonds is 4. The minimum atomic E-state index is -0.169. The fourth-order valence-electron chi connectivity index (χ4n) is 2.13. The van der Waals surface area contributed by atoms with E-state index in [1.165, 1.54) is 0 Å². The maximum Gasteiger partial charge on any atom is 0.315 e. The van der Waals surface area contributed by atoms with Crippen LogP contribution in [0.3, 0.4) is 0 Å². The molecule has 0 aromatic heterocycles. The fourth-order valence-corrected chi connectivity index (χ4v) is 2.26. The van der Waals surface area contributed by atoms with Crippen molar-refractivity contribution in [1.82, 2.24) is 10.6 Å². The first-order chi connectivity index (χ1) is 9.15. The first-order valence-corrected chi connectivity index (χ1v) is 6.93. The quantitative estimate of drug-likeness (QED) is 0.892. The lowest BCUT2D eigenvalue weighted by molar-refractivity contribution is 0.0860. The molecule has 0 saturated carbocycles. The first-order valence-electron chi connectivity index (χ1n) is 6.55. The minimum absolute atomic E-state index is 0.0349. The number of halogens is 1. The minimum Gasteiger partial charge on any atom is -0.376 e. The Morgan fingerprint density at radius 2 is 2.21 bits per heavy atom. The Hall–Kier alpha value is -1.26. The van der Waals surface area contributed by atoms with Gasteiger partial charge in [0.2, 0.25) is 0 Å². The number of hydrogen-bond acceptors (Lipinski definition) is 2. The number of carbonyl (C=O) groups is 1. The van der Waals surface area contributed by atoms with E-state index < -0.39 is 0 Å². The maximum atomic E-state index is 11.7. The lowest BCUT2D eigenvalue weighted by Gasteiger charge is -2.20. The van der Waals surface area contributed by atoms with Gasteiger partial charge in [0.25, 0.3) is 0 Å². The molecule has 1 heterocycles. The summed E-state index contributed by atoms with van der Waals surface area (Å²) in [7, 11) is 0. The van der Waals surface area contributed by atoms with Crippen molar-refractivity contribution in [2.45, 2.75) is 38.5 Å². The van der Waals surface area contributed by atoms with Gasteiger partial charge in [0.15, 0.2) is 0 Å². The van der Waals surface area contributed by atoms with E-state index in [9.17, 15) is 4.79 Å². The molecule has 2 N–H and O–H groups in total. The number of nitrogens with one attached hydrogen (secondary N) is 2. The molecule has 0 bridgehead atoms. The van der Waals surface area contributed by atoms with E-state index in [1.54, 1.807) is 0 Å². The van der Waals surface area contributed by atoms with Crippen LogP contribution in [0.5, 0.6) is 0 Å². The third kappa shape index (κ3) is 4.40. The van der Waals surface area contributed by atoms with Gasteiger partial charge in [0.1, 0.15) is 0 Å². The van der Waals surface area contributed by atoms with Crippen molar-refractivity contribution < 1.29 is 9.53 Å². The van der Waals surface area contributed by atoms with Crippen molar-refractivity contribution in [2.75, 3.05) is 6.61 Å². The highest BCUT2D eigenvalue weighted by Crippen LogP contribution is 2.15. The zero-order chi connectivity index (χ0) is 13.7. The lowest BCUT2D eigenvalue weighted by Crippen LogP contribution is -2.45. The van der Waals surface area contributed by atoms with Gasteiger partial charge in [-0.15, -0.1) is 0 Å². The Labute approximate surface area is 118 Å². The molecular weight excluding hydrogens is 264 g/mol.